The van der Waals surface area contributed by atoms with Crippen LogP contribution in [0.5, 0.6) is 5.75 Å². The summed E-state index contributed by atoms with van der Waals surface area (Å²) in [4.78, 5) is 0. The molecule has 2 nitrogen and oxygen atoms in total. The van der Waals surface area contributed by atoms with Gasteiger partial charge in [-0.1, -0.05) is 67.4 Å². The highest BCUT2D eigenvalue weighted by Crippen LogP contribution is 2.62. The zero-order chi connectivity index (χ0) is 21.1. The van der Waals surface area contributed by atoms with Gasteiger partial charge in [0.15, 0.2) is 0 Å². The number of rotatable bonds is 9. The number of aliphatic hydroxyl groups excluding tert-OH is 1. The number of hydrogen-bond donors (Lipinski definition) is 2. The Kier molecular flexibility index (Phi) is 7.51. The van der Waals surface area contributed by atoms with Gasteiger partial charge in [-0.05, 0) is 97.3 Å². The van der Waals surface area contributed by atoms with Crippen LogP contribution in [0.1, 0.15) is 101 Å². The first-order valence-electron chi connectivity index (χ1n) is 12.6. The van der Waals surface area contributed by atoms with E-state index in [-0.39, 0.29) is 11.5 Å². The minimum atomic E-state index is -0.107. The van der Waals surface area contributed by atoms with E-state index in [2.05, 4.69) is 28.9 Å². The number of phenolic OH excluding ortho intramolecular Hbond substituents is 1. The Balaban J connectivity index is 1.43. The van der Waals surface area contributed by atoms with Crippen molar-refractivity contribution >= 4 is 15.9 Å². The lowest BCUT2D eigenvalue weighted by atomic mass is 9.52. The molecule has 168 valence electrons. The summed E-state index contributed by atoms with van der Waals surface area (Å²) in [6, 6.07) is 6.14. The van der Waals surface area contributed by atoms with Gasteiger partial charge < -0.3 is 10.2 Å². The van der Waals surface area contributed by atoms with Crippen LogP contribution >= 0.6 is 15.9 Å². The molecule has 6 atom stereocenters. The minimum absolute atomic E-state index is 0.107. The van der Waals surface area contributed by atoms with Gasteiger partial charge in [0, 0.05) is 5.33 Å². The van der Waals surface area contributed by atoms with Gasteiger partial charge in [0.2, 0.25) is 0 Å². The lowest BCUT2D eigenvalue weighted by molar-refractivity contribution is -0.0396. The molecule has 0 bridgehead atoms. The molecular weight excluding hydrogens is 436 g/mol. The van der Waals surface area contributed by atoms with Crippen LogP contribution in [0.2, 0.25) is 0 Å². The molecule has 3 aliphatic rings. The van der Waals surface area contributed by atoms with Crippen LogP contribution in [0.15, 0.2) is 18.2 Å². The minimum Gasteiger partial charge on any atom is -0.508 e. The third-order valence-electron chi connectivity index (χ3n) is 9.04. The van der Waals surface area contributed by atoms with Crippen LogP contribution in [0.4, 0.5) is 0 Å². The molecule has 0 aromatic heterocycles. The number of hydrogen-bond acceptors (Lipinski definition) is 2. The molecule has 3 aliphatic carbocycles. The molecular formula is C27H41BrO2. The zero-order valence-corrected chi connectivity index (χ0v) is 20.4. The molecule has 0 saturated heterocycles. The Morgan fingerprint density at radius 2 is 1.73 bits per heavy atom. The van der Waals surface area contributed by atoms with E-state index in [1.165, 1.54) is 75.3 Å². The molecule has 2 saturated carbocycles. The number of unbranched alkanes of at least 4 members (excludes halogenated alkanes) is 6. The van der Waals surface area contributed by atoms with Crippen LogP contribution < -0.4 is 0 Å². The van der Waals surface area contributed by atoms with Crippen molar-refractivity contribution in [3.05, 3.63) is 29.3 Å². The molecule has 4 rings (SSSR count). The van der Waals surface area contributed by atoms with Crippen LogP contribution in [0.25, 0.3) is 0 Å². The van der Waals surface area contributed by atoms with E-state index in [4.69, 9.17) is 0 Å². The van der Waals surface area contributed by atoms with Crippen LogP contribution in [0, 0.1) is 23.2 Å². The maximum Gasteiger partial charge on any atom is 0.115 e. The summed E-state index contributed by atoms with van der Waals surface area (Å²) >= 11 is 3.53. The first-order valence-corrected chi connectivity index (χ1v) is 13.7. The number of phenols is 1. The molecule has 2 fully saturated rings. The Morgan fingerprint density at radius 3 is 2.50 bits per heavy atom. The summed E-state index contributed by atoms with van der Waals surface area (Å²) < 4.78 is 0. The van der Waals surface area contributed by atoms with E-state index in [0.29, 0.717) is 23.5 Å². The van der Waals surface area contributed by atoms with Gasteiger partial charge in [-0.3, -0.25) is 0 Å². The molecule has 0 spiro atoms. The predicted molar refractivity (Wildman–Crippen MR) is 128 cm³/mol. The third-order valence-corrected chi connectivity index (χ3v) is 9.60. The van der Waals surface area contributed by atoms with Crippen LogP contribution in [-0.2, 0) is 6.42 Å². The van der Waals surface area contributed by atoms with Crippen molar-refractivity contribution in [2.24, 2.45) is 23.2 Å². The number of benzene rings is 1. The molecule has 0 heterocycles. The quantitative estimate of drug-likeness (QED) is 0.288. The fourth-order valence-electron chi connectivity index (χ4n) is 7.42. The number of aliphatic hydroxyl groups is 1. The van der Waals surface area contributed by atoms with Crippen molar-refractivity contribution in [3.63, 3.8) is 0 Å². The molecule has 0 aliphatic heterocycles. The van der Waals surface area contributed by atoms with Gasteiger partial charge in [0.05, 0.1) is 6.10 Å². The second kappa shape index (κ2) is 9.94. The fraction of sp³-hybridized carbons (Fsp3) is 0.778. The lowest BCUT2D eigenvalue weighted by Gasteiger charge is -2.53. The maximum atomic E-state index is 10.8. The summed E-state index contributed by atoms with van der Waals surface area (Å²) in [5, 5.41) is 22.0. The Morgan fingerprint density at radius 1 is 1.00 bits per heavy atom. The number of alkyl halides is 1. The monoisotopic (exact) mass is 476 g/mol. The van der Waals surface area contributed by atoms with E-state index < -0.39 is 0 Å². The van der Waals surface area contributed by atoms with Gasteiger partial charge >= 0.3 is 0 Å². The van der Waals surface area contributed by atoms with E-state index in [1.54, 1.807) is 0 Å². The van der Waals surface area contributed by atoms with E-state index in [1.807, 2.05) is 12.1 Å². The highest BCUT2D eigenvalue weighted by Gasteiger charge is 2.56. The average molecular weight is 478 g/mol. The summed E-state index contributed by atoms with van der Waals surface area (Å²) in [6.45, 7) is 2.38. The first kappa shape index (κ1) is 22.6. The Labute approximate surface area is 192 Å². The highest BCUT2D eigenvalue weighted by molar-refractivity contribution is 9.09. The standard InChI is InChI=1S/C27H41BrO2/c1-27-15-14-23-22-11-10-21(29)18-20(22)17-19(26(23)24(27)12-13-25(27)30)9-7-5-3-2-4-6-8-16-28/h10-11,18-19,23-26,29-30H,2-9,12-17H2,1H3/t19-,23?,24?,25-,26?,27-/m0/s1. The molecule has 1 aromatic rings. The topological polar surface area (TPSA) is 40.5 Å². The summed E-state index contributed by atoms with van der Waals surface area (Å²) in [5.74, 6) is 3.16. The summed E-state index contributed by atoms with van der Waals surface area (Å²) in [7, 11) is 0. The van der Waals surface area contributed by atoms with E-state index in [0.717, 1.165) is 30.5 Å². The van der Waals surface area contributed by atoms with Gasteiger partial charge in [-0.15, -0.1) is 0 Å². The molecule has 30 heavy (non-hydrogen) atoms. The van der Waals surface area contributed by atoms with Crippen LogP contribution in [-0.4, -0.2) is 21.6 Å². The van der Waals surface area contributed by atoms with Crippen molar-refractivity contribution < 1.29 is 10.2 Å². The van der Waals surface area contributed by atoms with Gasteiger partial charge in [-0.2, -0.15) is 0 Å². The van der Waals surface area contributed by atoms with Crippen LogP contribution in [0.3, 0.4) is 0 Å². The first-order chi connectivity index (χ1) is 14.5. The Bertz CT molecular complexity index is 704. The smallest absolute Gasteiger partial charge is 0.115 e. The molecule has 3 unspecified atom stereocenters. The van der Waals surface area contributed by atoms with Crippen molar-refractivity contribution in [3.8, 4) is 5.75 Å². The zero-order valence-electron chi connectivity index (χ0n) is 18.8. The fourth-order valence-corrected chi connectivity index (χ4v) is 7.81. The summed E-state index contributed by atoms with van der Waals surface area (Å²) in [5.41, 5.74) is 3.03. The normalized spacial score (nSPS) is 35.0. The van der Waals surface area contributed by atoms with Crippen molar-refractivity contribution in [1.29, 1.82) is 0 Å². The van der Waals surface area contributed by atoms with E-state index >= 15 is 0 Å². The largest absolute Gasteiger partial charge is 0.508 e. The number of fused-ring (bicyclic) bond motifs is 5. The number of halogens is 1. The molecule has 1 aromatic carbocycles. The molecule has 2 N–H and O–H groups in total. The van der Waals surface area contributed by atoms with Gasteiger partial charge in [0.1, 0.15) is 5.75 Å². The predicted octanol–water partition coefficient (Wildman–Crippen LogP) is 7.35. The maximum absolute atomic E-state index is 10.8. The SMILES string of the molecule is C[C@]12CCC3c4ccc(O)cc4C[C@H](CCCCCCCCCBr)C3C1CC[C@@H]2O. The molecule has 3 heteroatoms. The average Bonchev–Trinajstić information content (AvgIpc) is 3.04. The Hall–Kier alpha value is -0.540. The van der Waals surface area contributed by atoms with Gasteiger partial charge in [-0.25, -0.2) is 0 Å². The van der Waals surface area contributed by atoms with E-state index in [9.17, 15) is 10.2 Å². The molecule has 0 radical (unpaired) electrons. The van der Waals surface area contributed by atoms with Crippen molar-refractivity contribution in [2.45, 2.75) is 102 Å². The number of aromatic hydroxyl groups is 1. The lowest BCUT2D eigenvalue weighted by Crippen LogP contribution is -2.47. The molecule has 0 amide bonds. The van der Waals surface area contributed by atoms with Crippen molar-refractivity contribution in [1.82, 2.24) is 0 Å². The van der Waals surface area contributed by atoms with Gasteiger partial charge in [0.25, 0.3) is 0 Å². The second-order valence-electron chi connectivity index (χ2n) is 10.7. The highest BCUT2D eigenvalue weighted by atomic mass is 79.9. The summed E-state index contributed by atoms with van der Waals surface area (Å²) in [6.07, 6.45) is 16.4. The van der Waals surface area contributed by atoms with Crippen molar-refractivity contribution in [2.75, 3.05) is 5.33 Å². The third kappa shape index (κ3) is 4.49. The second-order valence-corrected chi connectivity index (χ2v) is 11.5.